The van der Waals surface area contributed by atoms with Crippen LogP contribution in [0.1, 0.15) is 5.56 Å². The highest BCUT2D eigenvalue weighted by Crippen LogP contribution is 2.23. The summed E-state index contributed by atoms with van der Waals surface area (Å²) in [6.45, 7) is 0.591. The molecule has 1 saturated heterocycles. The molecule has 0 amide bonds. The van der Waals surface area contributed by atoms with Crippen molar-refractivity contribution in [2.75, 3.05) is 24.7 Å². The summed E-state index contributed by atoms with van der Waals surface area (Å²) in [5, 5.41) is 19.7. The van der Waals surface area contributed by atoms with Crippen LogP contribution in [0.15, 0.2) is 24.3 Å². The second kappa shape index (κ2) is 6.41. The van der Waals surface area contributed by atoms with Gasteiger partial charge in [-0.15, -0.1) is 0 Å². The van der Waals surface area contributed by atoms with Gasteiger partial charge in [0.25, 0.3) is 0 Å². The van der Waals surface area contributed by atoms with Gasteiger partial charge in [-0.3, -0.25) is 4.90 Å². The van der Waals surface area contributed by atoms with Gasteiger partial charge in [-0.05, 0) is 11.6 Å². The Labute approximate surface area is 123 Å². The van der Waals surface area contributed by atoms with Gasteiger partial charge in [0.1, 0.15) is 0 Å². The molecule has 112 valence electrons. The van der Waals surface area contributed by atoms with E-state index < -0.39 is 22.0 Å². The van der Waals surface area contributed by atoms with Crippen molar-refractivity contribution in [3.63, 3.8) is 0 Å². The van der Waals surface area contributed by atoms with Crippen LogP contribution in [-0.4, -0.2) is 60.3 Å². The molecule has 2 N–H and O–H groups in total. The first-order valence-electron chi connectivity index (χ1n) is 6.40. The quantitative estimate of drug-likeness (QED) is 0.816. The fourth-order valence-electron chi connectivity index (χ4n) is 2.50. The van der Waals surface area contributed by atoms with Crippen molar-refractivity contribution in [2.24, 2.45) is 0 Å². The molecule has 1 fully saturated rings. The molecule has 0 aliphatic carbocycles. The smallest absolute Gasteiger partial charge is 0.154 e. The maximum Gasteiger partial charge on any atom is 0.154 e. The van der Waals surface area contributed by atoms with E-state index in [0.29, 0.717) is 18.1 Å². The zero-order valence-electron chi connectivity index (χ0n) is 10.9. The van der Waals surface area contributed by atoms with Crippen LogP contribution in [0.5, 0.6) is 0 Å². The van der Waals surface area contributed by atoms with Crippen LogP contribution in [0.2, 0.25) is 5.02 Å². The molecular weight excluding hydrogens is 302 g/mol. The van der Waals surface area contributed by atoms with E-state index in [9.17, 15) is 13.5 Å². The van der Waals surface area contributed by atoms with E-state index in [1.807, 2.05) is 18.2 Å². The Hall–Kier alpha value is -0.660. The average Bonchev–Trinajstić information content (AvgIpc) is 2.65. The van der Waals surface area contributed by atoms with E-state index in [2.05, 4.69) is 0 Å². The number of halogens is 1. The Kier molecular flexibility index (Phi) is 5.04. The molecule has 1 heterocycles. The first-order valence-corrected chi connectivity index (χ1v) is 8.59. The minimum absolute atomic E-state index is 0.0847. The van der Waals surface area contributed by atoms with Crippen molar-refractivity contribution in [3.8, 4) is 0 Å². The molecule has 2 rings (SSSR count). The highest BCUT2D eigenvalue weighted by molar-refractivity contribution is 7.91. The fraction of sp³-hybridized carbons (Fsp3) is 0.538. The van der Waals surface area contributed by atoms with Crippen molar-refractivity contribution >= 4 is 21.4 Å². The Morgan fingerprint density at radius 1 is 1.30 bits per heavy atom. The summed E-state index contributed by atoms with van der Waals surface area (Å²) in [6, 6.07) is 6.78. The summed E-state index contributed by atoms with van der Waals surface area (Å²) >= 11 is 6.10. The van der Waals surface area contributed by atoms with Gasteiger partial charge in [0.15, 0.2) is 9.84 Å². The molecule has 0 unspecified atom stereocenters. The van der Waals surface area contributed by atoms with Crippen molar-refractivity contribution in [3.05, 3.63) is 34.9 Å². The first-order chi connectivity index (χ1) is 9.43. The summed E-state index contributed by atoms with van der Waals surface area (Å²) in [7, 11) is -3.22. The number of rotatable bonds is 5. The Morgan fingerprint density at radius 3 is 2.55 bits per heavy atom. The molecule has 0 radical (unpaired) electrons. The SMILES string of the molecule is O=S1(=O)C[C@@H](O)[C@H](N(CCO)Cc2ccccc2Cl)C1. The molecule has 1 aliphatic rings. The molecule has 7 heteroatoms. The van der Waals surface area contributed by atoms with Gasteiger partial charge in [0.2, 0.25) is 0 Å². The van der Waals surface area contributed by atoms with Gasteiger partial charge in [-0.1, -0.05) is 29.8 Å². The highest BCUT2D eigenvalue weighted by atomic mass is 35.5. The summed E-state index contributed by atoms with van der Waals surface area (Å²) < 4.78 is 23.2. The number of aliphatic hydroxyl groups is 2. The van der Waals surface area contributed by atoms with Gasteiger partial charge in [-0.2, -0.15) is 0 Å². The summed E-state index contributed by atoms with van der Waals surface area (Å²) in [5.41, 5.74) is 0.846. The molecule has 0 saturated carbocycles. The maximum atomic E-state index is 11.6. The predicted molar refractivity (Wildman–Crippen MR) is 77.4 cm³/mol. The van der Waals surface area contributed by atoms with E-state index in [0.717, 1.165) is 5.56 Å². The third kappa shape index (κ3) is 3.71. The van der Waals surface area contributed by atoms with Gasteiger partial charge in [-0.25, -0.2) is 8.42 Å². The number of hydrogen-bond donors (Lipinski definition) is 2. The van der Waals surface area contributed by atoms with Gasteiger partial charge in [0.05, 0.1) is 30.3 Å². The van der Waals surface area contributed by atoms with Crippen LogP contribution in [-0.2, 0) is 16.4 Å². The van der Waals surface area contributed by atoms with Crippen molar-refractivity contribution in [1.82, 2.24) is 4.90 Å². The average molecular weight is 320 g/mol. The minimum atomic E-state index is -3.22. The second-order valence-corrected chi connectivity index (χ2v) is 7.56. The monoisotopic (exact) mass is 319 g/mol. The lowest BCUT2D eigenvalue weighted by atomic mass is 10.1. The van der Waals surface area contributed by atoms with E-state index in [1.165, 1.54) is 0 Å². The minimum Gasteiger partial charge on any atom is -0.395 e. The summed E-state index contributed by atoms with van der Waals surface area (Å²) in [4.78, 5) is 1.77. The summed E-state index contributed by atoms with van der Waals surface area (Å²) in [6.07, 6.45) is -0.922. The van der Waals surface area contributed by atoms with E-state index in [-0.39, 0.29) is 18.1 Å². The van der Waals surface area contributed by atoms with Crippen molar-refractivity contribution < 1.29 is 18.6 Å². The highest BCUT2D eigenvalue weighted by Gasteiger charge is 2.39. The van der Waals surface area contributed by atoms with Crippen LogP contribution in [0.4, 0.5) is 0 Å². The van der Waals surface area contributed by atoms with Crippen LogP contribution < -0.4 is 0 Å². The van der Waals surface area contributed by atoms with Crippen LogP contribution in [0.25, 0.3) is 0 Å². The third-order valence-electron chi connectivity index (χ3n) is 3.48. The van der Waals surface area contributed by atoms with E-state index in [1.54, 1.807) is 11.0 Å². The number of aliphatic hydroxyl groups excluding tert-OH is 2. The van der Waals surface area contributed by atoms with E-state index in [4.69, 9.17) is 16.7 Å². The Bertz CT molecular complexity index is 563. The van der Waals surface area contributed by atoms with E-state index >= 15 is 0 Å². The molecule has 2 atom stereocenters. The van der Waals surface area contributed by atoms with Gasteiger partial charge < -0.3 is 10.2 Å². The van der Waals surface area contributed by atoms with Crippen molar-refractivity contribution in [2.45, 2.75) is 18.7 Å². The molecule has 5 nitrogen and oxygen atoms in total. The normalized spacial score (nSPS) is 25.2. The number of hydrogen-bond acceptors (Lipinski definition) is 5. The molecule has 1 aromatic rings. The van der Waals surface area contributed by atoms with Gasteiger partial charge >= 0.3 is 0 Å². The predicted octanol–water partition coefficient (Wildman–Crippen LogP) is 0.292. The molecule has 0 bridgehead atoms. The fourth-order valence-corrected chi connectivity index (χ4v) is 4.52. The summed E-state index contributed by atoms with van der Waals surface area (Å²) in [5.74, 6) is -0.305. The second-order valence-electron chi connectivity index (χ2n) is 5.00. The number of nitrogens with zero attached hydrogens (tertiary/aromatic N) is 1. The maximum absolute atomic E-state index is 11.6. The first kappa shape index (κ1) is 15.7. The molecule has 20 heavy (non-hydrogen) atoms. The topological polar surface area (TPSA) is 77.8 Å². The Morgan fingerprint density at radius 2 is 2.00 bits per heavy atom. The number of sulfone groups is 1. The molecule has 0 spiro atoms. The van der Waals surface area contributed by atoms with Gasteiger partial charge in [0, 0.05) is 18.1 Å². The lowest BCUT2D eigenvalue weighted by Crippen LogP contribution is -2.44. The Balaban J connectivity index is 2.18. The van der Waals surface area contributed by atoms with Crippen LogP contribution in [0.3, 0.4) is 0 Å². The third-order valence-corrected chi connectivity index (χ3v) is 5.55. The molecule has 1 aromatic carbocycles. The lowest BCUT2D eigenvalue weighted by Gasteiger charge is -2.29. The molecule has 0 aromatic heterocycles. The van der Waals surface area contributed by atoms with Crippen LogP contribution in [0, 0.1) is 0 Å². The standard InChI is InChI=1S/C13H18ClNO4S/c14-11-4-2-1-3-10(11)7-15(5-6-16)12-8-20(18,19)9-13(12)17/h1-4,12-13,16-17H,5-9H2/t12-,13-/m1/s1. The zero-order chi connectivity index (χ0) is 14.8. The largest absolute Gasteiger partial charge is 0.395 e. The zero-order valence-corrected chi connectivity index (χ0v) is 12.5. The lowest BCUT2D eigenvalue weighted by molar-refractivity contribution is 0.0655. The van der Waals surface area contributed by atoms with Crippen LogP contribution >= 0.6 is 11.6 Å². The van der Waals surface area contributed by atoms with Crippen molar-refractivity contribution in [1.29, 1.82) is 0 Å². The molecular formula is C13H18ClNO4S. The molecule has 1 aliphatic heterocycles. The number of benzene rings is 1.